The monoisotopic (exact) mass is 590 g/mol. The molecule has 0 aliphatic carbocycles. The molecule has 1 aliphatic rings. The van der Waals surface area contributed by atoms with Gasteiger partial charge in [-0.05, 0) is 43.3 Å². The quantitative estimate of drug-likeness (QED) is 0.436. The largest absolute Gasteiger partial charge is 0.487 e. The zero-order valence-corrected chi connectivity index (χ0v) is 24.2. The van der Waals surface area contributed by atoms with Crippen LogP contribution in [0.2, 0.25) is 0 Å². The maximum absolute atomic E-state index is 13.7. The van der Waals surface area contributed by atoms with Crippen molar-refractivity contribution in [2.24, 2.45) is 13.0 Å². The fourth-order valence-corrected chi connectivity index (χ4v) is 7.23. The van der Waals surface area contributed by atoms with Gasteiger partial charge in [-0.15, -0.1) is 0 Å². The van der Waals surface area contributed by atoms with Crippen LogP contribution in [0.3, 0.4) is 0 Å². The van der Waals surface area contributed by atoms with E-state index >= 15 is 0 Å². The van der Waals surface area contributed by atoms with Gasteiger partial charge < -0.3 is 14.4 Å². The van der Waals surface area contributed by atoms with E-state index in [0.717, 1.165) is 4.31 Å². The van der Waals surface area contributed by atoms with E-state index in [9.17, 15) is 26.3 Å². The molecule has 1 N–H and O–H groups in total. The standard InChI is InChI=1S/C27H31FN4O6S2/c1-19-14-32(20(2)17-33)39(34,35)26-11-10-22(9-8-21-6-5-7-23(28)12-21)13-24(26)38-25(19)15-31(4)40(36,37)27-16-30(3)18-29-27/h5-7,10-13,16,18-20,25,33H,14-15,17H2,1-4H3/t19-,20+,25-/m0/s1. The van der Waals surface area contributed by atoms with E-state index in [1.807, 2.05) is 0 Å². The average molecular weight is 591 g/mol. The zero-order chi connectivity index (χ0) is 29.2. The van der Waals surface area contributed by atoms with E-state index in [0.29, 0.717) is 11.1 Å². The number of aliphatic hydroxyl groups is 1. The van der Waals surface area contributed by atoms with Crippen LogP contribution in [0.5, 0.6) is 5.75 Å². The number of rotatable bonds is 6. The lowest BCUT2D eigenvalue weighted by Crippen LogP contribution is -2.50. The van der Waals surface area contributed by atoms with Crippen LogP contribution in [-0.2, 0) is 27.1 Å². The van der Waals surface area contributed by atoms with Gasteiger partial charge in [-0.3, -0.25) is 0 Å². The maximum atomic E-state index is 13.7. The molecule has 0 bridgehead atoms. The minimum absolute atomic E-state index is 0.00126. The van der Waals surface area contributed by atoms with Crippen molar-refractivity contribution in [2.45, 2.75) is 35.9 Å². The average Bonchev–Trinajstić information content (AvgIpc) is 3.36. The van der Waals surface area contributed by atoms with Crippen molar-refractivity contribution in [1.29, 1.82) is 0 Å². The van der Waals surface area contributed by atoms with E-state index in [2.05, 4.69) is 16.8 Å². The third-order valence-electron chi connectivity index (χ3n) is 6.64. The Bertz CT molecular complexity index is 1660. The van der Waals surface area contributed by atoms with Crippen LogP contribution in [0, 0.1) is 23.6 Å². The number of nitrogens with zero attached hydrogens (tertiary/aromatic N) is 4. The van der Waals surface area contributed by atoms with E-state index < -0.39 is 50.5 Å². The molecular weight excluding hydrogens is 559 g/mol. The van der Waals surface area contributed by atoms with Gasteiger partial charge in [0.15, 0.2) is 5.03 Å². The van der Waals surface area contributed by atoms with Crippen LogP contribution >= 0.6 is 0 Å². The third-order valence-corrected chi connectivity index (χ3v) is 10.4. The molecule has 10 nitrogen and oxygen atoms in total. The van der Waals surface area contributed by atoms with Crippen LogP contribution in [0.1, 0.15) is 25.0 Å². The summed E-state index contributed by atoms with van der Waals surface area (Å²) >= 11 is 0. The second kappa shape index (κ2) is 11.7. The molecule has 3 aromatic rings. The first-order chi connectivity index (χ1) is 18.8. The minimum atomic E-state index is -4.09. The number of aromatic nitrogens is 2. The molecule has 0 amide bonds. The highest BCUT2D eigenvalue weighted by Crippen LogP contribution is 2.34. The second-order valence-electron chi connectivity index (χ2n) is 9.82. The van der Waals surface area contributed by atoms with Gasteiger partial charge in [0.25, 0.3) is 10.0 Å². The Kier molecular flexibility index (Phi) is 8.67. The second-order valence-corrected chi connectivity index (χ2v) is 13.7. The van der Waals surface area contributed by atoms with Crippen molar-refractivity contribution in [3.05, 3.63) is 71.9 Å². The summed E-state index contributed by atoms with van der Waals surface area (Å²) in [6.45, 7) is 2.85. The number of benzene rings is 2. The number of ether oxygens (including phenoxy) is 1. The first-order valence-corrected chi connectivity index (χ1v) is 15.4. The molecule has 0 fully saturated rings. The van der Waals surface area contributed by atoms with E-state index in [1.54, 1.807) is 27.0 Å². The number of sulfonamides is 2. The normalized spacial score (nSPS) is 20.0. The summed E-state index contributed by atoms with van der Waals surface area (Å²) in [4.78, 5) is 3.83. The van der Waals surface area contributed by atoms with Crippen molar-refractivity contribution in [1.82, 2.24) is 18.2 Å². The first-order valence-electron chi connectivity index (χ1n) is 12.5. The Labute approximate surface area is 234 Å². The molecular formula is C27H31FN4O6S2. The fourth-order valence-electron chi connectivity index (χ4n) is 4.27. The molecule has 1 aliphatic heterocycles. The Hall–Kier alpha value is -3.28. The van der Waals surface area contributed by atoms with Crippen LogP contribution in [0.25, 0.3) is 0 Å². The number of likely N-dealkylation sites (N-methyl/N-ethyl adjacent to an activating group) is 1. The lowest BCUT2D eigenvalue weighted by Gasteiger charge is -2.37. The highest BCUT2D eigenvalue weighted by atomic mass is 32.2. The topological polar surface area (TPSA) is 122 Å². The minimum Gasteiger partial charge on any atom is -0.487 e. The lowest BCUT2D eigenvalue weighted by atomic mass is 10.0. The summed E-state index contributed by atoms with van der Waals surface area (Å²) in [7, 11) is -4.97. The first kappa shape index (κ1) is 29.7. The number of hydrogen-bond donors (Lipinski definition) is 1. The van der Waals surface area contributed by atoms with Gasteiger partial charge in [0.1, 0.15) is 22.6 Å². The summed E-state index contributed by atoms with van der Waals surface area (Å²) in [6, 6.07) is 9.40. The Morgan fingerprint density at radius 3 is 2.55 bits per heavy atom. The van der Waals surface area contributed by atoms with Crippen molar-refractivity contribution >= 4 is 20.0 Å². The van der Waals surface area contributed by atoms with Crippen LogP contribution in [0.4, 0.5) is 4.39 Å². The Balaban J connectivity index is 1.75. The molecule has 0 unspecified atom stereocenters. The van der Waals surface area contributed by atoms with Crippen LogP contribution in [-0.4, -0.2) is 79.0 Å². The lowest BCUT2D eigenvalue weighted by molar-refractivity contribution is 0.0904. The van der Waals surface area contributed by atoms with E-state index in [-0.39, 0.29) is 28.8 Å². The van der Waals surface area contributed by atoms with Crippen molar-refractivity contribution in [3.63, 3.8) is 0 Å². The molecule has 13 heteroatoms. The molecule has 3 atom stereocenters. The number of aliphatic hydroxyl groups excluding tert-OH is 1. The molecule has 0 saturated carbocycles. The van der Waals surface area contributed by atoms with Crippen LogP contribution < -0.4 is 4.74 Å². The van der Waals surface area contributed by atoms with E-state index in [4.69, 9.17) is 4.74 Å². The molecule has 4 rings (SSSR count). The molecule has 0 spiro atoms. The van der Waals surface area contributed by atoms with Crippen molar-refractivity contribution in [2.75, 3.05) is 26.7 Å². The maximum Gasteiger partial charge on any atom is 0.261 e. The summed E-state index contributed by atoms with van der Waals surface area (Å²) in [5.41, 5.74) is 0.859. The number of halogens is 1. The van der Waals surface area contributed by atoms with E-state index in [1.165, 1.54) is 64.8 Å². The zero-order valence-electron chi connectivity index (χ0n) is 22.5. The molecule has 214 valence electrons. The van der Waals surface area contributed by atoms with Gasteiger partial charge in [0.05, 0.1) is 19.5 Å². The third kappa shape index (κ3) is 6.21. The van der Waals surface area contributed by atoms with Gasteiger partial charge in [-0.1, -0.05) is 24.8 Å². The molecule has 40 heavy (non-hydrogen) atoms. The molecule has 2 heterocycles. The molecule has 0 saturated heterocycles. The predicted octanol–water partition coefficient (Wildman–Crippen LogP) is 2.05. The summed E-state index contributed by atoms with van der Waals surface area (Å²) in [6.07, 6.45) is 2.01. The Morgan fingerprint density at radius 1 is 1.23 bits per heavy atom. The molecule has 2 aromatic carbocycles. The molecule has 1 aromatic heterocycles. The predicted molar refractivity (Wildman–Crippen MR) is 146 cm³/mol. The fraction of sp³-hybridized carbons (Fsp3) is 0.370. The Morgan fingerprint density at radius 2 is 1.93 bits per heavy atom. The smallest absolute Gasteiger partial charge is 0.261 e. The highest BCUT2D eigenvalue weighted by molar-refractivity contribution is 7.89. The summed E-state index contributed by atoms with van der Waals surface area (Å²) in [5, 5.41) is 9.70. The highest BCUT2D eigenvalue weighted by Gasteiger charge is 2.39. The van der Waals surface area contributed by atoms with Gasteiger partial charge in [-0.2, -0.15) is 8.61 Å². The number of imidazole rings is 1. The number of hydrogen-bond acceptors (Lipinski definition) is 7. The summed E-state index contributed by atoms with van der Waals surface area (Å²) in [5.74, 6) is 4.85. The van der Waals surface area contributed by atoms with Crippen molar-refractivity contribution < 1.29 is 31.1 Å². The summed E-state index contributed by atoms with van der Waals surface area (Å²) < 4.78 is 77.3. The van der Waals surface area contributed by atoms with Gasteiger partial charge in [0, 0.05) is 49.9 Å². The van der Waals surface area contributed by atoms with Gasteiger partial charge in [-0.25, -0.2) is 26.2 Å². The molecule has 0 radical (unpaired) electrons. The number of aryl methyl sites for hydroxylation is 1. The number of fused-ring (bicyclic) bond motifs is 1. The van der Waals surface area contributed by atoms with Crippen molar-refractivity contribution in [3.8, 4) is 17.6 Å². The van der Waals surface area contributed by atoms with Crippen LogP contribution in [0.15, 0.2) is 64.9 Å². The van der Waals surface area contributed by atoms with Gasteiger partial charge >= 0.3 is 0 Å². The SMILES string of the molecule is C[C@H](CO)N1C[C@H](C)[C@H](CN(C)S(=O)(=O)c2cn(C)cn2)Oc2cc(C#Cc3cccc(F)c3)ccc2S1(=O)=O. The van der Waals surface area contributed by atoms with Gasteiger partial charge in [0.2, 0.25) is 10.0 Å².